The van der Waals surface area contributed by atoms with Crippen molar-refractivity contribution in [2.45, 2.75) is 6.42 Å². The molecule has 1 aromatic carbocycles. The van der Waals surface area contributed by atoms with E-state index in [1.54, 1.807) is 12.1 Å². The van der Waals surface area contributed by atoms with E-state index in [4.69, 9.17) is 5.73 Å². The maximum absolute atomic E-state index is 11.4. The molecule has 5 N–H and O–H groups in total. The molecular formula is C11H15N3O3. The summed E-state index contributed by atoms with van der Waals surface area (Å²) in [5, 5.41) is 14.2. The van der Waals surface area contributed by atoms with Crippen LogP contribution in [0.15, 0.2) is 24.3 Å². The predicted octanol–water partition coefficient (Wildman–Crippen LogP) is -0.281. The molecule has 92 valence electrons. The number of nitrogens with two attached hydrogens (primary N) is 1. The minimum Gasteiger partial charge on any atom is -0.508 e. The van der Waals surface area contributed by atoms with Crippen molar-refractivity contribution in [3.05, 3.63) is 29.8 Å². The Kier molecular flexibility index (Phi) is 4.80. The molecule has 0 unspecified atom stereocenters. The van der Waals surface area contributed by atoms with Crippen molar-refractivity contribution in [3.8, 4) is 5.75 Å². The number of primary amides is 1. The van der Waals surface area contributed by atoms with Gasteiger partial charge in [-0.1, -0.05) is 12.1 Å². The molecule has 0 aliphatic rings. The first-order chi connectivity index (χ1) is 8.08. The van der Waals surface area contributed by atoms with Crippen molar-refractivity contribution in [2.24, 2.45) is 5.73 Å². The summed E-state index contributed by atoms with van der Waals surface area (Å²) in [6.45, 7) is 0.613. The summed E-state index contributed by atoms with van der Waals surface area (Å²) in [4.78, 5) is 21.8. The van der Waals surface area contributed by atoms with Crippen LogP contribution in [0, 0.1) is 0 Å². The lowest BCUT2D eigenvalue weighted by Gasteiger charge is -2.05. The molecule has 6 nitrogen and oxygen atoms in total. The van der Waals surface area contributed by atoms with E-state index in [0.29, 0.717) is 13.1 Å². The fourth-order valence-corrected chi connectivity index (χ4v) is 1.30. The molecule has 0 saturated heterocycles. The monoisotopic (exact) mass is 237 g/mol. The quantitative estimate of drug-likeness (QED) is 0.529. The number of phenolic OH excluding ortho intramolecular Hbond substituents is 1. The second kappa shape index (κ2) is 6.37. The van der Waals surface area contributed by atoms with Gasteiger partial charge in [0.1, 0.15) is 5.75 Å². The molecule has 0 bridgehead atoms. The van der Waals surface area contributed by atoms with Gasteiger partial charge < -0.3 is 21.5 Å². The summed E-state index contributed by atoms with van der Waals surface area (Å²) in [5.74, 6) is -0.0486. The molecule has 0 aliphatic carbocycles. The largest absolute Gasteiger partial charge is 0.508 e. The van der Waals surface area contributed by atoms with Crippen LogP contribution < -0.4 is 16.4 Å². The highest BCUT2D eigenvalue weighted by atomic mass is 16.3. The van der Waals surface area contributed by atoms with Crippen LogP contribution in [0.5, 0.6) is 5.75 Å². The highest BCUT2D eigenvalue weighted by Crippen LogP contribution is 2.10. The number of phenols is 1. The van der Waals surface area contributed by atoms with Crippen molar-refractivity contribution in [1.29, 1.82) is 0 Å². The Hall–Kier alpha value is -2.24. The van der Waals surface area contributed by atoms with Gasteiger partial charge in [-0.3, -0.25) is 4.79 Å². The van der Waals surface area contributed by atoms with Crippen LogP contribution in [0.2, 0.25) is 0 Å². The summed E-state index contributed by atoms with van der Waals surface area (Å²) in [5.41, 5.74) is 5.59. The zero-order valence-electron chi connectivity index (χ0n) is 9.27. The van der Waals surface area contributed by atoms with Crippen LogP contribution in [-0.2, 0) is 11.2 Å². The first-order valence-corrected chi connectivity index (χ1v) is 5.16. The zero-order valence-corrected chi connectivity index (χ0v) is 9.27. The van der Waals surface area contributed by atoms with Gasteiger partial charge in [0.15, 0.2) is 0 Å². The standard InChI is InChI=1S/C11H15N3O3/c12-11(17)14-5-4-13-10(16)7-8-2-1-3-9(15)6-8/h1-3,6,15H,4-5,7H2,(H,13,16)(H3,12,14,17). The number of carbonyl (C=O) groups is 2. The van der Waals surface area contributed by atoms with Crippen molar-refractivity contribution < 1.29 is 14.7 Å². The van der Waals surface area contributed by atoms with Gasteiger partial charge in [-0.2, -0.15) is 0 Å². The summed E-state index contributed by atoms with van der Waals surface area (Å²) >= 11 is 0. The number of hydrogen-bond acceptors (Lipinski definition) is 3. The van der Waals surface area contributed by atoms with Crippen molar-refractivity contribution in [1.82, 2.24) is 10.6 Å². The van der Waals surface area contributed by atoms with Gasteiger partial charge in [0.05, 0.1) is 6.42 Å². The number of amides is 3. The Labute approximate surface area is 98.8 Å². The molecule has 0 saturated carbocycles. The van der Waals surface area contributed by atoms with E-state index in [-0.39, 0.29) is 18.1 Å². The lowest BCUT2D eigenvalue weighted by molar-refractivity contribution is -0.120. The van der Waals surface area contributed by atoms with E-state index < -0.39 is 6.03 Å². The van der Waals surface area contributed by atoms with Gasteiger partial charge in [-0.25, -0.2) is 4.79 Å². The van der Waals surface area contributed by atoms with Crippen LogP contribution in [0.4, 0.5) is 4.79 Å². The third kappa shape index (κ3) is 5.41. The second-order valence-corrected chi connectivity index (χ2v) is 3.49. The van der Waals surface area contributed by atoms with Crippen LogP contribution in [0.3, 0.4) is 0 Å². The number of rotatable bonds is 5. The van der Waals surface area contributed by atoms with E-state index in [1.807, 2.05) is 0 Å². The lowest BCUT2D eigenvalue weighted by atomic mass is 10.1. The van der Waals surface area contributed by atoms with Gasteiger partial charge >= 0.3 is 6.03 Å². The van der Waals surface area contributed by atoms with Gasteiger partial charge in [0.2, 0.25) is 5.91 Å². The Balaban J connectivity index is 2.27. The van der Waals surface area contributed by atoms with E-state index >= 15 is 0 Å². The van der Waals surface area contributed by atoms with Gasteiger partial charge in [0, 0.05) is 13.1 Å². The zero-order chi connectivity index (χ0) is 12.7. The fraction of sp³-hybridized carbons (Fsp3) is 0.273. The molecule has 0 atom stereocenters. The number of aromatic hydroxyl groups is 1. The third-order valence-corrected chi connectivity index (χ3v) is 2.02. The molecular weight excluding hydrogens is 222 g/mol. The third-order valence-electron chi connectivity index (χ3n) is 2.02. The highest BCUT2D eigenvalue weighted by molar-refractivity contribution is 5.78. The average molecular weight is 237 g/mol. The lowest BCUT2D eigenvalue weighted by Crippen LogP contribution is -2.37. The Morgan fingerprint density at radius 1 is 1.24 bits per heavy atom. The van der Waals surface area contributed by atoms with Crippen molar-refractivity contribution in [2.75, 3.05) is 13.1 Å². The molecule has 3 amide bonds. The van der Waals surface area contributed by atoms with Crippen LogP contribution >= 0.6 is 0 Å². The molecule has 0 heterocycles. The van der Waals surface area contributed by atoms with E-state index in [2.05, 4.69) is 10.6 Å². The summed E-state index contributed by atoms with van der Waals surface area (Å²) in [6.07, 6.45) is 0.185. The molecule has 6 heteroatoms. The topological polar surface area (TPSA) is 104 Å². The fourth-order valence-electron chi connectivity index (χ4n) is 1.30. The predicted molar refractivity (Wildman–Crippen MR) is 62.4 cm³/mol. The summed E-state index contributed by atoms with van der Waals surface area (Å²) < 4.78 is 0. The minimum atomic E-state index is -0.618. The summed E-state index contributed by atoms with van der Waals surface area (Å²) in [7, 11) is 0. The molecule has 17 heavy (non-hydrogen) atoms. The highest BCUT2D eigenvalue weighted by Gasteiger charge is 2.03. The van der Waals surface area contributed by atoms with E-state index in [1.165, 1.54) is 12.1 Å². The molecule has 0 aromatic heterocycles. The first-order valence-electron chi connectivity index (χ1n) is 5.16. The molecule has 0 aliphatic heterocycles. The Bertz CT molecular complexity index is 407. The smallest absolute Gasteiger partial charge is 0.312 e. The first kappa shape index (κ1) is 12.8. The number of benzene rings is 1. The maximum atomic E-state index is 11.4. The Morgan fingerprint density at radius 2 is 1.94 bits per heavy atom. The van der Waals surface area contributed by atoms with E-state index in [0.717, 1.165) is 5.56 Å². The normalized spacial score (nSPS) is 9.65. The number of nitrogens with one attached hydrogen (secondary N) is 2. The van der Waals surface area contributed by atoms with Gasteiger partial charge in [-0.05, 0) is 17.7 Å². The SMILES string of the molecule is NC(=O)NCCNC(=O)Cc1cccc(O)c1. The minimum absolute atomic E-state index is 0.130. The van der Waals surface area contributed by atoms with Crippen molar-refractivity contribution in [3.63, 3.8) is 0 Å². The number of carbonyl (C=O) groups excluding carboxylic acids is 2. The van der Waals surface area contributed by atoms with Gasteiger partial charge in [-0.15, -0.1) is 0 Å². The van der Waals surface area contributed by atoms with Crippen molar-refractivity contribution >= 4 is 11.9 Å². The summed E-state index contributed by atoms with van der Waals surface area (Å²) in [6, 6.07) is 5.87. The van der Waals surface area contributed by atoms with Crippen LogP contribution in [-0.4, -0.2) is 30.1 Å². The second-order valence-electron chi connectivity index (χ2n) is 3.49. The Morgan fingerprint density at radius 3 is 2.59 bits per heavy atom. The molecule has 0 spiro atoms. The van der Waals surface area contributed by atoms with Crippen LogP contribution in [0.25, 0.3) is 0 Å². The van der Waals surface area contributed by atoms with Crippen LogP contribution in [0.1, 0.15) is 5.56 Å². The van der Waals surface area contributed by atoms with E-state index in [9.17, 15) is 14.7 Å². The molecule has 1 rings (SSSR count). The number of hydrogen-bond donors (Lipinski definition) is 4. The average Bonchev–Trinajstić information content (AvgIpc) is 2.24. The number of urea groups is 1. The molecule has 0 radical (unpaired) electrons. The maximum Gasteiger partial charge on any atom is 0.312 e. The van der Waals surface area contributed by atoms with Gasteiger partial charge in [0.25, 0.3) is 0 Å². The molecule has 0 fully saturated rings. The molecule has 1 aromatic rings.